The zero-order chi connectivity index (χ0) is 21.7. The van der Waals surface area contributed by atoms with Gasteiger partial charge in [0.15, 0.2) is 5.17 Å². The molecule has 156 valence electrons. The van der Waals surface area contributed by atoms with Crippen molar-refractivity contribution < 1.29 is 9.59 Å². The standard InChI is InChI=1S/C23H24ClN3O2S/c1-4-13-27-22(29)20(14-21(28)25-17-11-9-16(5-2)10-12-17)30-23(27)26-19-8-6-7-18(24)15(19)3/h4,6-12,20H,1,5,13-14H2,2-3H3,(H,25,28). The van der Waals surface area contributed by atoms with Crippen LogP contribution in [-0.2, 0) is 16.0 Å². The summed E-state index contributed by atoms with van der Waals surface area (Å²) in [6, 6.07) is 13.2. The van der Waals surface area contributed by atoms with Crippen LogP contribution in [0, 0.1) is 6.92 Å². The Morgan fingerprint density at radius 1 is 1.30 bits per heavy atom. The number of hydrogen-bond donors (Lipinski definition) is 1. The number of amides is 2. The van der Waals surface area contributed by atoms with Crippen LogP contribution in [0.2, 0.25) is 5.02 Å². The number of nitrogens with zero attached hydrogens (tertiary/aromatic N) is 2. The molecule has 0 spiro atoms. The van der Waals surface area contributed by atoms with E-state index < -0.39 is 5.25 Å². The number of benzene rings is 2. The fourth-order valence-electron chi connectivity index (χ4n) is 3.05. The molecule has 1 heterocycles. The first-order valence-electron chi connectivity index (χ1n) is 9.74. The van der Waals surface area contributed by atoms with Crippen molar-refractivity contribution >= 4 is 51.7 Å². The molecule has 0 saturated carbocycles. The molecule has 1 aliphatic heterocycles. The first kappa shape index (κ1) is 22.1. The molecule has 2 aromatic rings. The summed E-state index contributed by atoms with van der Waals surface area (Å²) in [5.41, 5.74) is 3.47. The van der Waals surface area contributed by atoms with Gasteiger partial charge in [0.25, 0.3) is 0 Å². The summed E-state index contributed by atoms with van der Waals surface area (Å²) in [7, 11) is 0. The number of anilines is 1. The summed E-state index contributed by atoms with van der Waals surface area (Å²) in [6.45, 7) is 8.03. The second-order valence-corrected chi connectivity index (χ2v) is 8.50. The normalized spacial score (nSPS) is 17.4. The van der Waals surface area contributed by atoms with E-state index in [1.807, 2.05) is 43.3 Å². The molecule has 1 N–H and O–H groups in total. The lowest BCUT2D eigenvalue weighted by atomic mass is 10.1. The van der Waals surface area contributed by atoms with E-state index in [-0.39, 0.29) is 18.2 Å². The molecule has 1 aliphatic rings. The summed E-state index contributed by atoms with van der Waals surface area (Å²) >= 11 is 7.49. The van der Waals surface area contributed by atoms with E-state index in [1.165, 1.54) is 17.3 Å². The van der Waals surface area contributed by atoms with E-state index in [2.05, 4.69) is 23.8 Å². The highest BCUT2D eigenvalue weighted by Gasteiger charge is 2.38. The first-order valence-corrected chi connectivity index (χ1v) is 11.0. The largest absolute Gasteiger partial charge is 0.326 e. The van der Waals surface area contributed by atoms with Gasteiger partial charge in [-0.1, -0.05) is 54.6 Å². The van der Waals surface area contributed by atoms with Crippen LogP contribution in [0.1, 0.15) is 24.5 Å². The second-order valence-electron chi connectivity index (χ2n) is 6.93. The first-order chi connectivity index (χ1) is 14.4. The van der Waals surface area contributed by atoms with E-state index in [0.717, 1.165) is 17.7 Å². The fourth-order valence-corrected chi connectivity index (χ4v) is 4.38. The van der Waals surface area contributed by atoms with E-state index in [0.29, 0.717) is 22.4 Å². The van der Waals surface area contributed by atoms with Crippen LogP contribution < -0.4 is 5.32 Å². The maximum Gasteiger partial charge on any atom is 0.242 e. The third kappa shape index (κ3) is 5.12. The van der Waals surface area contributed by atoms with Crippen LogP contribution in [0.4, 0.5) is 11.4 Å². The number of halogens is 1. The highest BCUT2D eigenvalue weighted by molar-refractivity contribution is 8.15. The average molecular weight is 442 g/mol. The van der Waals surface area contributed by atoms with Crippen LogP contribution in [0.3, 0.4) is 0 Å². The Balaban J connectivity index is 1.74. The molecule has 1 unspecified atom stereocenters. The Morgan fingerprint density at radius 3 is 2.70 bits per heavy atom. The monoisotopic (exact) mass is 441 g/mol. The van der Waals surface area contributed by atoms with Crippen LogP contribution in [0.25, 0.3) is 0 Å². The molecule has 3 rings (SSSR count). The van der Waals surface area contributed by atoms with Crippen molar-refractivity contribution in [2.75, 3.05) is 11.9 Å². The third-order valence-corrected chi connectivity index (χ3v) is 6.39. The Labute approximate surface area is 186 Å². The van der Waals surface area contributed by atoms with E-state index in [9.17, 15) is 9.59 Å². The Kier molecular flexibility index (Phi) is 7.34. The summed E-state index contributed by atoms with van der Waals surface area (Å²) in [5.74, 6) is -0.348. The number of aryl methyl sites for hydroxylation is 1. The van der Waals surface area contributed by atoms with E-state index in [4.69, 9.17) is 11.6 Å². The van der Waals surface area contributed by atoms with Gasteiger partial charge in [0.1, 0.15) is 5.25 Å². The lowest BCUT2D eigenvalue weighted by Gasteiger charge is -2.14. The van der Waals surface area contributed by atoms with Crippen molar-refractivity contribution in [1.29, 1.82) is 0 Å². The SMILES string of the molecule is C=CCN1C(=O)C(CC(=O)Nc2ccc(CC)cc2)SC1=Nc1cccc(Cl)c1C. The molecule has 0 radical (unpaired) electrons. The van der Waals surface area contributed by atoms with E-state index >= 15 is 0 Å². The molecule has 5 nitrogen and oxygen atoms in total. The average Bonchev–Trinajstić information content (AvgIpc) is 3.01. The molecule has 30 heavy (non-hydrogen) atoms. The topological polar surface area (TPSA) is 61.8 Å². The molecule has 1 fully saturated rings. The number of rotatable bonds is 7. The van der Waals surface area contributed by atoms with Gasteiger partial charge in [-0.3, -0.25) is 14.5 Å². The lowest BCUT2D eigenvalue weighted by Crippen LogP contribution is -2.33. The van der Waals surface area contributed by atoms with Gasteiger partial charge in [0.05, 0.1) is 5.69 Å². The Bertz CT molecular complexity index is 988. The molecule has 1 atom stereocenters. The van der Waals surface area contributed by atoms with Crippen LogP contribution in [0.5, 0.6) is 0 Å². The number of hydrogen-bond acceptors (Lipinski definition) is 4. The third-order valence-electron chi connectivity index (χ3n) is 4.80. The Hall–Kier alpha value is -2.57. The second kappa shape index (κ2) is 9.96. The van der Waals surface area contributed by atoms with E-state index in [1.54, 1.807) is 17.0 Å². The van der Waals surface area contributed by atoms with Crippen molar-refractivity contribution in [3.8, 4) is 0 Å². The van der Waals surface area contributed by atoms with Gasteiger partial charge in [0, 0.05) is 23.7 Å². The summed E-state index contributed by atoms with van der Waals surface area (Å²) in [6.07, 6.45) is 2.66. The quantitative estimate of drug-likeness (QED) is 0.588. The zero-order valence-electron chi connectivity index (χ0n) is 17.0. The molecule has 1 saturated heterocycles. The minimum Gasteiger partial charge on any atom is -0.326 e. The predicted molar refractivity (Wildman–Crippen MR) is 126 cm³/mol. The van der Waals surface area contributed by atoms with Gasteiger partial charge < -0.3 is 5.32 Å². The molecule has 0 aromatic heterocycles. The smallest absolute Gasteiger partial charge is 0.242 e. The van der Waals surface area contributed by atoms with Gasteiger partial charge >= 0.3 is 0 Å². The molecule has 2 aromatic carbocycles. The molecule has 7 heteroatoms. The number of carbonyl (C=O) groups is 2. The highest BCUT2D eigenvalue weighted by Crippen LogP contribution is 2.34. The van der Waals surface area contributed by atoms with Crippen LogP contribution in [0.15, 0.2) is 60.1 Å². The van der Waals surface area contributed by atoms with Crippen LogP contribution in [-0.4, -0.2) is 33.7 Å². The summed E-state index contributed by atoms with van der Waals surface area (Å²) in [5, 5.41) is 3.51. The predicted octanol–water partition coefficient (Wildman–Crippen LogP) is 5.36. The zero-order valence-corrected chi connectivity index (χ0v) is 18.6. The number of amidine groups is 1. The van der Waals surface area contributed by atoms with Crippen molar-refractivity contribution in [1.82, 2.24) is 4.90 Å². The molecular formula is C23H24ClN3O2S. The minimum atomic E-state index is -0.530. The van der Waals surface area contributed by atoms with Gasteiger partial charge in [-0.25, -0.2) is 4.99 Å². The maximum atomic E-state index is 12.9. The van der Waals surface area contributed by atoms with Gasteiger partial charge in [0.2, 0.25) is 11.8 Å². The van der Waals surface area contributed by atoms with Gasteiger partial charge in [-0.2, -0.15) is 0 Å². The molecule has 0 aliphatic carbocycles. The van der Waals surface area contributed by atoms with Crippen molar-refractivity contribution in [3.63, 3.8) is 0 Å². The molecular weight excluding hydrogens is 418 g/mol. The summed E-state index contributed by atoms with van der Waals surface area (Å²) < 4.78 is 0. The minimum absolute atomic E-state index is 0.0697. The van der Waals surface area contributed by atoms with Crippen LogP contribution >= 0.6 is 23.4 Å². The lowest BCUT2D eigenvalue weighted by molar-refractivity contribution is -0.127. The van der Waals surface area contributed by atoms with Crippen molar-refractivity contribution in [3.05, 3.63) is 71.3 Å². The number of thioether (sulfide) groups is 1. The highest BCUT2D eigenvalue weighted by atomic mass is 35.5. The number of aliphatic imine (C=N–C) groups is 1. The Morgan fingerprint density at radius 2 is 2.03 bits per heavy atom. The van der Waals surface area contributed by atoms with Gasteiger partial charge in [-0.15, -0.1) is 6.58 Å². The summed E-state index contributed by atoms with van der Waals surface area (Å²) in [4.78, 5) is 31.6. The molecule has 0 bridgehead atoms. The number of carbonyl (C=O) groups excluding carboxylic acids is 2. The fraction of sp³-hybridized carbons (Fsp3) is 0.261. The van der Waals surface area contributed by atoms with Crippen molar-refractivity contribution in [2.45, 2.75) is 31.9 Å². The maximum absolute atomic E-state index is 12.9. The van der Waals surface area contributed by atoms with Crippen molar-refractivity contribution in [2.24, 2.45) is 4.99 Å². The van der Waals surface area contributed by atoms with Gasteiger partial charge in [-0.05, 0) is 48.7 Å². The molecule has 2 amide bonds. The number of nitrogens with one attached hydrogen (secondary N) is 1.